The Morgan fingerprint density at radius 3 is 2.42 bits per heavy atom. The molecule has 1 fully saturated rings. The number of aliphatic hydroxyl groups is 1. The molecule has 6 nitrogen and oxygen atoms in total. The van der Waals surface area contributed by atoms with Crippen LogP contribution in [0.15, 0.2) is 77.7 Å². The third-order valence-electron chi connectivity index (χ3n) is 4.68. The predicted molar refractivity (Wildman–Crippen MR) is 122 cm³/mol. The molecule has 1 aliphatic rings. The van der Waals surface area contributed by atoms with Crippen LogP contribution in [0.2, 0.25) is 0 Å². The minimum Gasteiger partial charge on any atom is -0.394 e. The van der Waals surface area contributed by atoms with Crippen molar-refractivity contribution in [2.45, 2.75) is 18.9 Å². The fraction of sp³-hybridized carbons (Fsp3) is 0.208. The van der Waals surface area contributed by atoms with E-state index in [0.29, 0.717) is 11.3 Å². The number of allylic oxidation sites excluding steroid dienone is 2. The van der Waals surface area contributed by atoms with Crippen molar-refractivity contribution >= 4 is 34.9 Å². The number of benzene rings is 2. The summed E-state index contributed by atoms with van der Waals surface area (Å²) < 4.78 is 0. The van der Waals surface area contributed by atoms with Crippen molar-refractivity contribution in [3.63, 3.8) is 0 Å². The molecule has 1 saturated heterocycles. The average molecular weight is 437 g/mol. The van der Waals surface area contributed by atoms with E-state index in [1.807, 2.05) is 66.7 Å². The Hall–Kier alpha value is -3.16. The molecule has 0 aromatic heterocycles. The number of rotatable bonds is 9. The maximum absolute atomic E-state index is 12.5. The second kappa shape index (κ2) is 11.3. The second-order valence-corrected chi connectivity index (χ2v) is 8.01. The van der Waals surface area contributed by atoms with E-state index < -0.39 is 11.9 Å². The maximum Gasteiger partial charge on any atom is 0.293 e. The highest BCUT2D eigenvalue weighted by molar-refractivity contribution is 8.18. The van der Waals surface area contributed by atoms with Gasteiger partial charge in [0.1, 0.15) is 0 Å². The average Bonchev–Trinajstić information content (AvgIpc) is 3.05. The third kappa shape index (κ3) is 6.67. The lowest BCUT2D eigenvalue weighted by Gasteiger charge is -2.18. The molecular weight excluding hydrogens is 412 g/mol. The highest BCUT2D eigenvalue weighted by atomic mass is 32.2. The van der Waals surface area contributed by atoms with Crippen molar-refractivity contribution in [2.24, 2.45) is 0 Å². The van der Waals surface area contributed by atoms with Gasteiger partial charge in [-0.1, -0.05) is 72.8 Å². The number of carbonyl (C=O) groups is 3. The van der Waals surface area contributed by atoms with Gasteiger partial charge in [0, 0.05) is 13.0 Å². The van der Waals surface area contributed by atoms with Crippen LogP contribution in [-0.4, -0.2) is 46.3 Å². The molecule has 3 amide bonds. The molecular formula is C24H24N2O4S. The lowest BCUT2D eigenvalue weighted by Crippen LogP contribution is -2.41. The van der Waals surface area contributed by atoms with Crippen LogP contribution in [0.3, 0.4) is 0 Å². The van der Waals surface area contributed by atoms with Crippen molar-refractivity contribution in [3.8, 4) is 0 Å². The van der Waals surface area contributed by atoms with Crippen LogP contribution in [0.25, 0.3) is 6.08 Å². The normalized spacial score (nSPS) is 16.3. The number of carbonyl (C=O) groups excluding carboxylic acids is 3. The minimum atomic E-state index is -0.423. The number of hydrogen-bond donors (Lipinski definition) is 2. The summed E-state index contributed by atoms with van der Waals surface area (Å²) in [4.78, 5) is 38.4. The van der Waals surface area contributed by atoms with Gasteiger partial charge >= 0.3 is 0 Å². The Morgan fingerprint density at radius 2 is 1.74 bits per heavy atom. The zero-order valence-electron chi connectivity index (χ0n) is 16.9. The van der Waals surface area contributed by atoms with Gasteiger partial charge in [-0.15, -0.1) is 0 Å². The molecule has 0 saturated carbocycles. The monoisotopic (exact) mass is 436 g/mol. The molecule has 31 heavy (non-hydrogen) atoms. The summed E-state index contributed by atoms with van der Waals surface area (Å²) in [6.07, 6.45) is 5.68. The van der Waals surface area contributed by atoms with Crippen LogP contribution in [-0.2, 0) is 16.0 Å². The molecule has 2 aromatic rings. The summed E-state index contributed by atoms with van der Waals surface area (Å²) in [5.41, 5.74) is 1.99. The number of amides is 3. The van der Waals surface area contributed by atoms with Crippen LogP contribution >= 0.6 is 11.8 Å². The molecule has 2 N–H and O–H groups in total. The van der Waals surface area contributed by atoms with E-state index in [-0.39, 0.29) is 30.7 Å². The Morgan fingerprint density at radius 1 is 1.06 bits per heavy atom. The van der Waals surface area contributed by atoms with E-state index in [9.17, 15) is 19.5 Å². The minimum absolute atomic E-state index is 0.000273. The first kappa shape index (κ1) is 22.5. The fourth-order valence-electron chi connectivity index (χ4n) is 3.09. The molecule has 2 aromatic carbocycles. The summed E-state index contributed by atoms with van der Waals surface area (Å²) in [7, 11) is 0. The number of hydrogen-bond acceptors (Lipinski definition) is 5. The van der Waals surface area contributed by atoms with Crippen molar-refractivity contribution in [3.05, 3.63) is 88.8 Å². The van der Waals surface area contributed by atoms with Gasteiger partial charge in [0.25, 0.3) is 11.1 Å². The Labute approximate surface area is 185 Å². The highest BCUT2D eigenvalue weighted by Gasteiger charge is 2.34. The van der Waals surface area contributed by atoms with Crippen LogP contribution in [0, 0.1) is 0 Å². The Balaban J connectivity index is 1.50. The van der Waals surface area contributed by atoms with Crippen LogP contribution in [0.5, 0.6) is 0 Å². The fourth-order valence-corrected chi connectivity index (χ4v) is 3.91. The SMILES string of the molecule is O=C(CCN1C(=O)S/C(=C\C=C\c2ccccc2)C1=O)N[C@@H](CO)Cc1ccccc1. The predicted octanol–water partition coefficient (Wildman–Crippen LogP) is 3.39. The molecule has 1 heterocycles. The number of nitrogens with one attached hydrogen (secondary N) is 1. The van der Waals surface area contributed by atoms with Crippen molar-refractivity contribution in [1.82, 2.24) is 10.2 Å². The lowest BCUT2D eigenvalue weighted by molar-refractivity contribution is -0.124. The Bertz CT molecular complexity index is 974. The first-order valence-electron chi connectivity index (χ1n) is 9.98. The second-order valence-electron chi connectivity index (χ2n) is 7.01. The summed E-state index contributed by atoms with van der Waals surface area (Å²) in [5, 5.41) is 11.9. The molecule has 0 radical (unpaired) electrons. The van der Waals surface area contributed by atoms with E-state index in [1.54, 1.807) is 12.2 Å². The van der Waals surface area contributed by atoms with E-state index in [0.717, 1.165) is 27.8 Å². The highest BCUT2D eigenvalue weighted by Crippen LogP contribution is 2.30. The topological polar surface area (TPSA) is 86.7 Å². The first-order chi connectivity index (χ1) is 15.1. The van der Waals surface area contributed by atoms with Gasteiger partial charge in [0.05, 0.1) is 17.6 Å². The standard InChI is InChI=1S/C24H24N2O4S/c27-17-20(16-19-10-5-2-6-11-19)25-22(28)14-15-26-23(29)21(31-24(26)30)13-7-12-18-8-3-1-4-9-18/h1-13,20,27H,14-17H2,(H,25,28)/b12-7+,21-13-/t20-/m1/s1. The maximum atomic E-state index is 12.5. The van der Waals surface area contributed by atoms with Gasteiger partial charge in [-0.25, -0.2) is 0 Å². The van der Waals surface area contributed by atoms with Crippen molar-refractivity contribution in [2.75, 3.05) is 13.2 Å². The van der Waals surface area contributed by atoms with Crippen molar-refractivity contribution in [1.29, 1.82) is 0 Å². The van der Waals surface area contributed by atoms with Gasteiger partial charge in [-0.05, 0) is 35.4 Å². The molecule has 0 spiro atoms. The summed E-state index contributed by atoms with van der Waals surface area (Å²) in [5.74, 6) is -0.717. The number of nitrogens with zero attached hydrogens (tertiary/aromatic N) is 1. The molecule has 3 rings (SSSR count). The molecule has 1 aliphatic heterocycles. The smallest absolute Gasteiger partial charge is 0.293 e. The van der Waals surface area contributed by atoms with Gasteiger partial charge < -0.3 is 10.4 Å². The van der Waals surface area contributed by atoms with Crippen LogP contribution < -0.4 is 5.32 Å². The van der Waals surface area contributed by atoms with Gasteiger partial charge in [-0.3, -0.25) is 19.3 Å². The van der Waals surface area contributed by atoms with Crippen LogP contribution in [0.4, 0.5) is 4.79 Å². The molecule has 1 atom stereocenters. The van der Waals surface area contributed by atoms with E-state index >= 15 is 0 Å². The van der Waals surface area contributed by atoms with Gasteiger partial charge in [-0.2, -0.15) is 0 Å². The summed E-state index contributed by atoms with van der Waals surface area (Å²) in [6, 6.07) is 18.7. The van der Waals surface area contributed by atoms with Gasteiger partial charge in [0.2, 0.25) is 5.91 Å². The Kier molecular flexibility index (Phi) is 8.20. The first-order valence-corrected chi connectivity index (χ1v) is 10.8. The van der Waals surface area contributed by atoms with Crippen molar-refractivity contribution < 1.29 is 19.5 Å². The number of thioether (sulfide) groups is 1. The zero-order chi connectivity index (χ0) is 22.1. The molecule has 0 bridgehead atoms. The zero-order valence-corrected chi connectivity index (χ0v) is 17.8. The molecule has 0 unspecified atom stereocenters. The van der Waals surface area contributed by atoms with E-state index in [2.05, 4.69) is 5.32 Å². The quantitative estimate of drug-likeness (QED) is 0.589. The molecule has 0 aliphatic carbocycles. The summed E-state index contributed by atoms with van der Waals surface area (Å²) in [6.45, 7) is -0.196. The lowest BCUT2D eigenvalue weighted by atomic mass is 10.1. The molecule has 160 valence electrons. The molecule has 7 heteroatoms. The summed E-state index contributed by atoms with van der Waals surface area (Å²) >= 11 is 0.864. The van der Waals surface area contributed by atoms with Gasteiger partial charge in [0.15, 0.2) is 0 Å². The third-order valence-corrected chi connectivity index (χ3v) is 5.61. The van der Waals surface area contributed by atoms with Crippen LogP contribution in [0.1, 0.15) is 17.5 Å². The van der Waals surface area contributed by atoms with E-state index in [1.165, 1.54) is 0 Å². The number of imide groups is 1. The van der Waals surface area contributed by atoms with E-state index in [4.69, 9.17) is 0 Å². The number of aliphatic hydroxyl groups excluding tert-OH is 1. The largest absolute Gasteiger partial charge is 0.394 e.